The predicted octanol–water partition coefficient (Wildman–Crippen LogP) is 2.92. The standard InChI is InChI=1S/C15H23N3OS/c1-9-8-18-11(10(2)17-14(18)20-9)7-16-12-6-13(19-5)15(12,3)4/h8,12-13,16H,6-7H2,1-5H3. The van der Waals surface area contributed by atoms with Crippen LogP contribution in [0.4, 0.5) is 0 Å². The molecule has 1 N–H and O–H groups in total. The maximum atomic E-state index is 5.51. The largest absolute Gasteiger partial charge is 0.381 e. The van der Waals surface area contributed by atoms with Gasteiger partial charge in [-0.15, -0.1) is 11.3 Å². The second-order valence-electron chi connectivity index (χ2n) is 6.35. The number of hydrogen-bond acceptors (Lipinski definition) is 4. The third-order valence-electron chi connectivity index (χ3n) is 4.72. The van der Waals surface area contributed by atoms with E-state index in [9.17, 15) is 0 Å². The van der Waals surface area contributed by atoms with Crippen molar-refractivity contribution in [2.45, 2.75) is 52.8 Å². The molecule has 0 radical (unpaired) electrons. The van der Waals surface area contributed by atoms with Crippen molar-refractivity contribution in [3.63, 3.8) is 0 Å². The van der Waals surface area contributed by atoms with Gasteiger partial charge in [0.15, 0.2) is 4.96 Å². The van der Waals surface area contributed by atoms with Gasteiger partial charge in [-0.05, 0) is 20.3 Å². The number of ether oxygens (including phenoxy) is 1. The summed E-state index contributed by atoms with van der Waals surface area (Å²) in [6, 6.07) is 0.511. The summed E-state index contributed by atoms with van der Waals surface area (Å²) in [6.45, 7) is 9.64. The molecule has 0 saturated heterocycles. The lowest BCUT2D eigenvalue weighted by Crippen LogP contribution is -2.60. The second kappa shape index (κ2) is 4.83. The van der Waals surface area contributed by atoms with E-state index in [1.807, 2.05) is 0 Å². The number of aromatic nitrogens is 2. The summed E-state index contributed by atoms with van der Waals surface area (Å²) in [5.41, 5.74) is 2.61. The summed E-state index contributed by atoms with van der Waals surface area (Å²) in [5.74, 6) is 0. The molecule has 2 aromatic rings. The Hall–Kier alpha value is -0.910. The fraction of sp³-hybridized carbons (Fsp3) is 0.667. The maximum Gasteiger partial charge on any atom is 0.194 e. The van der Waals surface area contributed by atoms with Gasteiger partial charge in [0.25, 0.3) is 0 Å². The molecule has 2 aromatic heterocycles. The predicted molar refractivity (Wildman–Crippen MR) is 82.4 cm³/mol. The molecule has 0 bridgehead atoms. The molecular weight excluding hydrogens is 270 g/mol. The molecule has 0 spiro atoms. The van der Waals surface area contributed by atoms with Crippen molar-refractivity contribution in [2.75, 3.05) is 7.11 Å². The first-order valence-corrected chi connectivity index (χ1v) is 7.95. The van der Waals surface area contributed by atoms with Crippen LogP contribution in [-0.2, 0) is 11.3 Å². The second-order valence-corrected chi connectivity index (χ2v) is 7.57. The summed E-state index contributed by atoms with van der Waals surface area (Å²) in [7, 11) is 1.81. The van der Waals surface area contributed by atoms with Gasteiger partial charge >= 0.3 is 0 Å². The summed E-state index contributed by atoms with van der Waals surface area (Å²) in [4.78, 5) is 7.04. The van der Waals surface area contributed by atoms with Crippen LogP contribution in [0.25, 0.3) is 4.96 Å². The number of methoxy groups -OCH3 is 1. The van der Waals surface area contributed by atoms with Crippen LogP contribution in [0.5, 0.6) is 0 Å². The SMILES string of the molecule is COC1CC(NCc2c(C)nc3sc(C)cn23)C1(C)C. The normalized spacial score (nSPS) is 25.1. The minimum absolute atomic E-state index is 0.205. The minimum atomic E-state index is 0.205. The molecule has 3 rings (SSSR count). The van der Waals surface area contributed by atoms with Gasteiger partial charge in [-0.25, -0.2) is 4.98 Å². The Morgan fingerprint density at radius 2 is 2.25 bits per heavy atom. The van der Waals surface area contributed by atoms with Crippen LogP contribution in [0.1, 0.15) is 36.5 Å². The molecule has 2 atom stereocenters. The van der Waals surface area contributed by atoms with Gasteiger partial charge in [-0.3, -0.25) is 4.40 Å². The summed E-state index contributed by atoms with van der Waals surface area (Å²) >= 11 is 1.75. The molecule has 1 fully saturated rings. The highest BCUT2D eigenvalue weighted by Crippen LogP contribution is 2.42. The molecular formula is C15H23N3OS. The third kappa shape index (κ3) is 2.08. The number of fused-ring (bicyclic) bond motifs is 1. The zero-order chi connectivity index (χ0) is 14.5. The van der Waals surface area contributed by atoms with E-state index in [1.165, 1.54) is 10.6 Å². The Kier molecular flexibility index (Phi) is 3.39. The molecule has 0 amide bonds. The Morgan fingerprint density at radius 3 is 2.90 bits per heavy atom. The molecule has 20 heavy (non-hydrogen) atoms. The third-order valence-corrected chi connectivity index (χ3v) is 5.62. The Balaban J connectivity index is 1.73. The number of hydrogen-bond donors (Lipinski definition) is 1. The number of nitrogens with zero attached hydrogens (tertiary/aromatic N) is 2. The number of imidazole rings is 1. The molecule has 1 saturated carbocycles. The lowest BCUT2D eigenvalue weighted by Gasteiger charge is -2.51. The Labute approximate surface area is 124 Å². The topological polar surface area (TPSA) is 38.6 Å². The number of nitrogens with one attached hydrogen (secondary N) is 1. The Bertz CT molecular complexity index is 628. The minimum Gasteiger partial charge on any atom is -0.381 e. The Morgan fingerprint density at radius 1 is 1.50 bits per heavy atom. The first kappa shape index (κ1) is 14.0. The van der Waals surface area contributed by atoms with Crippen molar-refractivity contribution in [1.82, 2.24) is 14.7 Å². The first-order chi connectivity index (χ1) is 9.43. The molecule has 2 heterocycles. The lowest BCUT2D eigenvalue weighted by atomic mass is 9.64. The molecule has 0 aliphatic heterocycles. The summed E-state index contributed by atoms with van der Waals surface area (Å²) in [6.07, 6.45) is 3.64. The van der Waals surface area contributed by atoms with Gasteiger partial charge in [0, 0.05) is 36.2 Å². The van der Waals surface area contributed by atoms with Crippen molar-refractivity contribution in [1.29, 1.82) is 0 Å². The molecule has 0 aromatic carbocycles. The fourth-order valence-corrected chi connectivity index (χ4v) is 4.06. The highest BCUT2D eigenvalue weighted by molar-refractivity contribution is 7.17. The van der Waals surface area contributed by atoms with Gasteiger partial charge in [0.2, 0.25) is 0 Å². The van der Waals surface area contributed by atoms with E-state index in [2.05, 4.69) is 48.6 Å². The lowest BCUT2D eigenvalue weighted by molar-refractivity contribution is -0.0979. The van der Waals surface area contributed by atoms with E-state index in [-0.39, 0.29) is 5.41 Å². The monoisotopic (exact) mass is 293 g/mol. The highest BCUT2D eigenvalue weighted by Gasteiger charge is 2.48. The van der Waals surface area contributed by atoms with Crippen LogP contribution < -0.4 is 5.32 Å². The van der Waals surface area contributed by atoms with Crippen molar-refractivity contribution in [3.8, 4) is 0 Å². The molecule has 110 valence electrons. The van der Waals surface area contributed by atoms with E-state index in [1.54, 1.807) is 18.4 Å². The van der Waals surface area contributed by atoms with Crippen molar-refractivity contribution in [2.24, 2.45) is 5.41 Å². The molecule has 4 nitrogen and oxygen atoms in total. The number of thiazole rings is 1. The van der Waals surface area contributed by atoms with Crippen LogP contribution >= 0.6 is 11.3 Å². The first-order valence-electron chi connectivity index (χ1n) is 7.13. The fourth-order valence-electron chi connectivity index (χ4n) is 3.17. The average Bonchev–Trinajstić information content (AvgIpc) is 2.85. The van der Waals surface area contributed by atoms with Crippen LogP contribution in [0.3, 0.4) is 0 Å². The van der Waals surface area contributed by atoms with Crippen molar-refractivity contribution >= 4 is 16.3 Å². The van der Waals surface area contributed by atoms with E-state index < -0.39 is 0 Å². The van der Waals surface area contributed by atoms with Crippen LogP contribution in [0.2, 0.25) is 0 Å². The van der Waals surface area contributed by atoms with Crippen molar-refractivity contribution in [3.05, 3.63) is 22.5 Å². The van der Waals surface area contributed by atoms with E-state index in [0.717, 1.165) is 23.6 Å². The summed E-state index contributed by atoms with van der Waals surface area (Å²) < 4.78 is 7.73. The molecule has 1 aliphatic rings. The van der Waals surface area contributed by atoms with E-state index >= 15 is 0 Å². The zero-order valence-corrected chi connectivity index (χ0v) is 13.7. The van der Waals surface area contributed by atoms with Crippen molar-refractivity contribution < 1.29 is 4.74 Å². The smallest absolute Gasteiger partial charge is 0.194 e. The van der Waals surface area contributed by atoms with Gasteiger partial charge in [-0.2, -0.15) is 0 Å². The highest BCUT2D eigenvalue weighted by atomic mass is 32.1. The quantitative estimate of drug-likeness (QED) is 0.942. The number of aryl methyl sites for hydroxylation is 2. The van der Waals surface area contributed by atoms with Gasteiger partial charge in [-0.1, -0.05) is 13.8 Å². The van der Waals surface area contributed by atoms with Gasteiger partial charge < -0.3 is 10.1 Å². The zero-order valence-electron chi connectivity index (χ0n) is 12.9. The van der Waals surface area contributed by atoms with Gasteiger partial charge in [0.05, 0.1) is 17.5 Å². The van der Waals surface area contributed by atoms with Crippen LogP contribution in [0, 0.1) is 19.3 Å². The number of rotatable bonds is 4. The molecule has 2 unspecified atom stereocenters. The van der Waals surface area contributed by atoms with Crippen LogP contribution in [0.15, 0.2) is 6.20 Å². The van der Waals surface area contributed by atoms with Crippen LogP contribution in [-0.4, -0.2) is 28.6 Å². The van der Waals surface area contributed by atoms with E-state index in [0.29, 0.717) is 12.1 Å². The summed E-state index contributed by atoms with van der Waals surface area (Å²) in [5, 5.41) is 3.68. The maximum absolute atomic E-state index is 5.51. The molecule has 5 heteroatoms. The average molecular weight is 293 g/mol. The van der Waals surface area contributed by atoms with Gasteiger partial charge in [0.1, 0.15) is 0 Å². The molecule has 1 aliphatic carbocycles. The van der Waals surface area contributed by atoms with E-state index in [4.69, 9.17) is 4.74 Å².